The Kier molecular flexibility index (Phi) is 6.26. The molecule has 4 heteroatoms. The molecule has 0 spiro atoms. The van der Waals surface area contributed by atoms with Crippen molar-refractivity contribution in [2.75, 3.05) is 0 Å². The Morgan fingerprint density at radius 1 is 0.792 bits per heavy atom. The Morgan fingerprint density at radius 2 is 1.21 bits per heavy atom. The van der Waals surface area contributed by atoms with Crippen LogP contribution in [-0.4, -0.2) is 7.63 Å². The average Bonchev–Trinajstić information content (AvgIpc) is 3.12. The average molecular weight is 419 g/mol. The quantitative estimate of drug-likeness (QED) is 0.459. The molecular weight excluding hydrogens is 387 g/mol. The van der Waals surface area contributed by atoms with E-state index in [1.807, 2.05) is 11.1 Å². The molecule has 0 bridgehead atoms. The van der Waals surface area contributed by atoms with Crippen LogP contribution in [0.3, 0.4) is 0 Å². The van der Waals surface area contributed by atoms with Crippen LogP contribution in [0.1, 0.15) is 38.5 Å². The first-order valence-corrected chi connectivity index (χ1v) is 18.2. The zero-order chi connectivity index (χ0) is 15.4. The van der Waals surface area contributed by atoms with Crippen molar-refractivity contribution in [3.8, 4) is 0 Å². The van der Waals surface area contributed by atoms with Crippen molar-refractivity contribution in [3.05, 3.63) is 47.6 Å². The molecule has 0 nitrogen and oxygen atoms in total. The van der Waals surface area contributed by atoms with Crippen molar-refractivity contribution < 1.29 is 14.0 Å². The molecule has 0 radical (unpaired) electrons. The molecule has 2 saturated carbocycles. The Bertz CT molecular complexity index is 628. The zero-order valence-electron chi connectivity index (χ0n) is 15.0. The minimum atomic E-state index is -2.52. The van der Waals surface area contributed by atoms with Gasteiger partial charge >= 0.3 is 139 Å². The van der Waals surface area contributed by atoms with Gasteiger partial charge in [0.1, 0.15) is 0 Å². The predicted molar refractivity (Wildman–Crippen MR) is 111 cm³/mol. The second-order valence-electron chi connectivity index (χ2n) is 9.25. The topological polar surface area (TPSA) is 0 Å². The fourth-order valence-electron chi connectivity index (χ4n) is 6.11. The van der Waals surface area contributed by atoms with Gasteiger partial charge in [0, 0.05) is 0 Å². The van der Waals surface area contributed by atoms with E-state index in [1.165, 1.54) is 38.5 Å². The maximum absolute atomic E-state index is 2.79. The molecule has 24 heavy (non-hydrogen) atoms. The molecule has 134 valence electrons. The molecule has 0 aliphatic heterocycles. The van der Waals surface area contributed by atoms with Crippen LogP contribution < -0.4 is 0 Å². The van der Waals surface area contributed by atoms with Gasteiger partial charge in [0.25, 0.3) is 0 Å². The van der Waals surface area contributed by atoms with Crippen LogP contribution >= 0.6 is 24.8 Å². The van der Waals surface area contributed by atoms with Gasteiger partial charge in [-0.2, -0.15) is 0 Å². The molecule has 0 saturated heterocycles. The van der Waals surface area contributed by atoms with Crippen molar-refractivity contribution in [1.82, 2.24) is 0 Å². The van der Waals surface area contributed by atoms with E-state index in [9.17, 15) is 0 Å². The second kappa shape index (κ2) is 7.24. The van der Waals surface area contributed by atoms with Crippen LogP contribution in [0.15, 0.2) is 47.6 Å². The third kappa shape index (κ3) is 3.25. The van der Waals surface area contributed by atoms with Crippen molar-refractivity contribution in [2.45, 2.75) is 57.4 Å². The number of allylic oxidation sites excluding steroid dienone is 8. The Labute approximate surface area is 162 Å². The van der Waals surface area contributed by atoms with Crippen LogP contribution in [0, 0.1) is 11.8 Å². The third-order valence-corrected chi connectivity index (χ3v) is 20.5. The van der Waals surface area contributed by atoms with Crippen molar-refractivity contribution in [1.29, 1.82) is 0 Å². The van der Waals surface area contributed by atoms with Gasteiger partial charge in [-0.1, -0.05) is 0 Å². The van der Waals surface area contributed by atoms with E-state index < -0.39 is 14.0 Å². The SMILES string of the molecule is Cl.Cl.[CH3][Ti]([CH3])(=[SiH2])([CH]1CCC2CC=CC=C21)[CH]1CCC2CC=CC=C21. The third-order valence-electron chi connectivity index (χ3n) is 7.33. The molecular formula is C20H32Cl2SiTi. The van der Waals surface area contributed by atoms with Crippen LogP contribution in [-0.2, 0) is 14.0 Å². The number of hydrogen-bond donors (Lipinski definition) is 0. The Morgan fingerprint density at radius 3 is 1.62 bits per heavy atom. The number of hydrogen-bond acceptors (Lipinski definition) is 0. The predicted octanol–water partition coefficient (Wildman–Crippen LogP) is 6.33. The number of rotatable bonds is 2. The summed E-state index contributed by atoms with van der Waals surface area (Å²) in [5.74, 6) is 1.78. The molecule has 0 aromatic rings. The van der Waals surface area contributed by atoms with Gasteiger partial charge in [-0.3, -0.25) is 0 Å². The van der Waals surface area contributed by atoms with Crippen molar-refractivity contribution >= 4 is 32.4 Å². The minimum absolute atomic E-state index is 0. The van der Waals surface area contributed by atoms with E-state index in [0.29, 0.717) is 0 Å². The molecule has 0 aromatic carbocycles. The summed E-state index contributed by atoms with van der Waals surface area (Å²) in [5, 5.41) is 5.57. The van der Waals surface area contributed by atoms with Gasteiger partial charge in [0.05, 0.1) is 0 Å². The zero-order valence-corrected chi connectivity index (χ0v) is 19.6. The normalized spacial score (nSPS) is 34.5. The van der Waals surface area contributed by atoms with Gasteiger partial charge in [0.15, 0.2) is 0 Å². The molecule has 4 unspecified atom stereocenters. The van der Waals surface area contributed by atoms with E-state index in [2.05, 4.69) is 54.5 Å². The summed E-state index contributed by atoms with van der Waals surface area (Å²) in [7, 11) is 2.51. The fraction of sp³-hybridized carbons (Fsp3) is 0.600. The van der Waals surface area contributed by atoms with Gasteiger partial charge in [-0.05, 0) is 0 Å². The Hall–Kier alpha value is 0.471. The summed E-state index contributed by atoms with van der Waals surface area (Å²) in [6.07, 6.45) is 23.0. The van der Waals surface area contributed by atoms with Crippen molar-refractivity contribution in [3.63, 3.8) is 0 Å². The molecule has 0 N–H and O–H groups in total. The first-order valence-electron chi connectivity index (χ1n) is 9.26. The molecule has 0 amide bonds. The molecule has 4 aliphatic rings. The van der Waals surface area contributed by atoms with E-state index in [1.54, 1.807) is 0 Å². The number of fused-ring (bicyclic) bond motifs is 2. The maximum atomic E-state index is 2.79. The summed E-state index contributed by atoms with van der Waals surface area (Å²) >= 11 is -2.52. The van der Waals surface area contributed by atoms with Gasteiger partial charge in [-0.25, -0.2) is 0 Å². The summed E-state index contributed by atoms with van der Waals surface area (Å²) < 4.78 is 1.92. The van der Waals surface area contributed by atoms with Crippen molar-refractivity contribution in [2.24, 2.45) is 11.8 Å². The molecule has 0 aromatic heterocycles. The van der Waals surface area contributed by atoms with Crippen LogP contribution in [0.4, 0.5) is 0 Å². The standard InChI is InChI=1S/2C9H11.2CH3.2ClH.H2Si.Ti/c2*1-2-5-9-7-3-6-8(9)4-1;;;;;;/h2*1-2,4,6,9H,3,5,7H2;2*1H3;2*1H;1H2;. The van der Waals surface area contributed by atoms with E-state index in [4.69, 9.17) is 0 Å². The molecule has 2 fully saturated rings. The Balaban J connectivity index is 0.00000104. The van der Waals surface area contributed by atoms with Crippen LogP contribution in [0.5, 0.6) is 0 Å². The van der Waals surface area contributed by atoms with E-state index in [-0.39, 0.29) is 24.8 Å². The van der Waals surface area contributed by atoms with Gasteiger partial charge in [-0.15, -0.1) is 24.8 Å². The second-order valence-corrected chi connectivity index (χ2v) is 29.8. The molecule has 4 rings (SSSR count). The van der Waals surface area contributed by atoms with Gasteiger partial charge in [0.2, 0.25) is 0 Å². The summed E-state index contributed by atoms with van der Waals surface area (Å²) in [4.78, 5) is 0. The van der Waals surface area contributed by atoms with E-state index in [0.717, 1.165) is 20.3 Å². The van der Waals surface area contributed by atoms with Crippen LogP contribution in [0.25, 0.3) is 0 Å². The summed E-state index contributed by atoms with van der Waals surface area (Å²) in [5.41, 5.74) is 3.71. The van der Waals surface area contributed by atoms with E-state index >= 15 is 0 Å². The molecule has 4 aliphatic carbocycles. The summed E-state index contributed by atoms with van der Waals surface area (Å²) in [6.45, 7) is 0. The fourth-order valence-corrected chi connectivity index (χ4v) is 18.4. The van der Waals surface area contributed by atoms with Gasteiger partial charge < -0.3 is 0 Å². The van der Waals surface area contributed by atoms with Crippen LogP contribution in [0.2, 0.25) is 18.9 Å². The monoisotopic (exact) mass is 418 g/mol. The molecule has 0 heterocycles. The first kappa shape index (κ1) is 20.8. The molecule has 4 atom stereocenters. The number of halogens is 2. The summed E-state index contributed by atoms with van der Waals surface area (Å²) in [6, 6.07) is 0. The first-order chi connectivity index (χ1) is 10.5.